The van der Waals surface area contributed by atoms with Gasteiger partial charge in [-0.2, -0.15) is 0 Å². The van der Waals surface area contributed by atoms with E-state index in [0.717, 1.165) is 51.9 Å². The summed E-state index contributed by atoms with van der Waals surface area (Å²) in [6.07, 6.45) is 3.88. The number of hydrogen-bond donors (Lipinski definition) is 3. The van der Waals surface area contributed by atoms with E-state index in [9.17, 15) is 4.79 Å². The second-order valence-electron chi connectivity index (χ2n) is 5.66. The van der Waals surface area contributed by atoms with Crippen LogP contribution in [0.4, 0.5) is 0 Å². The van der Waals surface area contributed by atoms with Gasteiger partial charge in [0.25, 0.3) is 0 Å². The summed E-state index contributed by atoms with van der Waals surface area (Å²) in [7, 11) is 1.47. The predicted molar refractivity (Wildman–Crippen MR) is 70.1 cm³/mol. The second kappa shape index (κ2) is 5.99. The Hall–Kier alpha value is -0.650. The third-order valence-corrected chi connectivity index (χ3v) is 4.46. The Balaban J connectivity index is 1.89. The quantitative estimate of drug-likeness (QED) is 0.599. The van der Waals surface area contributed by atoms with E-state index in [4.69, 9.17) is 10.5 Å². The SMILES string of the molecule is COC(=O)C1CCC(C2(N)CNCCNC2)CC1. The van der Waals surface area contributed by atoms with E-state index in [-0.39, 0.29) is 17.4 Å². The van der Waals surface area contributed by atoms with E-state index in [2.05, 4.69) is 10.6 Å². The van der Waals surface area contributed by atoms with E-state index in [1.54, 1.807) is 0 Å². The third kappa shape index (κ3) is 3.02. The fourth-order valence-electron chi connectivity index (χ4n) is 3.24. The van der Waals surface area contributed by atoms with Crippen molar-refractivity contribution in [3.63, 3.8) is 0 Å². The summed E-state index contributed by atoms with van der Waals surface area (Å²) < 4.78 is 4.82. The number of ether oxygens (including phenoxy) is 1. The fraction of sp³-hybridized carbons (Fsp3) is 0.923. The van der Waals surface area contributed by atoms with Crippen molar-refractivity contribution >= 4 is 5.97 Å². The monoisotopic (exact) mass is 255 g/mol. The van der Waals surface area contributed by atoms with E-state index >= 15 is 0 Å². The molecule has 0 aromatic heterocycles. The van der Waals surface area contributed by atoms with Gasteiger partial charge in [0.15, 0.2) is 0 Å². The van der Waals surface area contributed by atoms with Crippen molar-refractivity contribution in [2.45, 2.75) is 31.2 Å². The molecule has 5 heteroatoms. The molecule has 2 aliphatic rings. The van der Waals surface area contributed by atoms with Crippen molar-refractivity contribution in [1.82, 2.24) is 10.6 Å². The summed E-state index contributed by atoms with van der Waals surface area (Å²) in [6, 6.07) is 0. The van der Waals surface area contributed by atoms with Crippen LogP contribution in [-0.4, -0.2) is 44.8 Å². The highest BCUT2D eigenvalue weighted by Gasteiger charge is 2.39. The number of nitrogens with two attached hydrogens (primary N) is 1. The molecule has 18 heavy (non-hydrogen) atoms. The van der Waals surface area contributed by atoms with E-state index in [1.807, 2.05) is 0 Å². The zero-order valence-electron chi connectivity index (χ0n) is 11.2. The zero-order valence-corrected chi connectivity index (χ0v) is 11.2. The van der Waals surface area contributed by atoms with Gasteiger partial charge >= 0.3 is 5.97 Å². The molecule has 2 fully saturated rings. The van der Waals surface area contributed by atoms with Crippen LogP contribution in [0.2, 0.25) is 0 Å². The van der Waals surface area contributed by atoms with Crippen LogP contribution in [0.1, 0.15) is 25.7 Å². The Morgan fingerprint density at radius 3 is 2.22 bits per heavy atom. The number of carbonyl (C=O) groups is 1. The highest BCUT2D eigenvalue weighted by molar-refractivity contribution is 5.72. The second-order valence-corrected chi connectivity index (χ2v) is 5.66. The summed E-state index contributed by atoms with van der Waals surface area (Å²) in [4.78, 5) is 11.5. The van der Waals surface area contributed by atoms with Gasteiger partial charge in [-0.1, -0.05) is 0 Å². The molecule has 0 aromatic rings. The van der Waals surface area contributed by atoms with Crippen LogP contribution in [0.25, 0.3) is 0 Å². The molecule has 0 radical (unpaired) electrons. The summed E-state index contributed by atoms with van der Waals surface area (Å²) in [5, 5.41) is 6.80. The minimum Gasteiger partial charge on any atom is -0.469 e. The summed E-state index contributed by atoms with van der Waals surface area (Å²) >= 11 is 0. The number of carbonyl (C=O) groups excluding carboxylic acids is 1. The Bertz CT molecular complexity index is 280. The molecule has 0 spiro atoms. The van der Waals surface area contributed by atoms with E-state index in [0.29, 0.717) is 5.92 Å². The molecule has 1 saturated carbocycles. The molecule has 1 saturated heterocycles. The molecule has 0 unspecified atom stereocenters. The Morgan fingerprint density at radius 1 is 1.17 bits per heavy atom. The van der Waals surface area contributed by atoms with Gasteiger partial charge < -0.3 is 21.1 Å². The average Bonchev–Trinajstić information content (AvgIpc) is 2.64. The molecule has 104 valence electrons. The highest BCUT2D eigenvalue weighted by atomic mass is 16.5. The van der Waals surface area contributed by atoms with Crippen LogP contribution >= 0.6 is 0 Å². The van der Waals surface area contributed by atoms with Crippen LogP contribution in [0, 0.1) is 11.8 Å². The first kappa shape index (κ1) is 13.8. The Kier molecular flexibility index (Phi) is 4.59. The zero-order chi connectivity index (χ0) is 13.0. The third-order valence-electron chi connectivity index (χ3n) is 4.46. The standard InChI is InChI=1S/C13H25N3O2/c1-18-12(17)10-2-4-11(5-3-10)13(14)8-15-6-7-16-9-13/h10-11,15-16H,2-9,14H2,1H3. The molecule has 0 atom stereocenters. The van der Waals surface area contributed by atoms with E-state index in [1.165, 1.54) is 7.11 Å². The molecule has 5 nitrogen and oxygen atoms in total. The van der Waals surface area contributed by atoms with Gasteiger partial charge in [0.1, 0.15) is 0 Å². The normalized spacial score (nSPS) is 32.6. The Labute approximate surface area is 109 Å². The molecule has 1 aliphatic carbocycles. The molecular weight excluding hydrogens is 230 g/mol. The van der Waals surface area contributed by atoms with Crippen molar-refractivity contribution < 1.29 is 9.53 Å². The molecule has 0 amide bonds. The number of esters is 1. The van der Waals surface area contributed by atoms with Gasteiger partial charge in [0.2, 0.25) is 0 Å². The maximum absolute atomic E-state index is 11.5. The largest absolute Gasteiger partial charge is 0.469 e. The van der Waals surface area contributed by atoms with Gasteiger partial charge in [-0.05, 0) is 31.6 Å². The number of rotatable bonds is 2. The molecular formula is C13H25N3O2. The minimum absolute atomic E-state index is 0.0587. The fourth-order valence-corrected chi connectivity index (χ4v) is 3.24. The first-order valence-electron chi connectivity index (χ1n) is 6.94. The van der Waals surface area contributed by atoms with Crippen molar-refractivity contribution in [2.75, 3.05) is 33.3 Å². The van der Waals surface area contributed by atoms with Gasteiger partial charge in [0.05, 0.1) is 13.0 Å². The summed E-state index contributed by atoms with van der Waals surface area (Å²) in [5.41, 5.74) is 6.38. The van der Waals surface area contributed by atoms with Crippen molar-refractivity contribution in [1.29, 1.82) is 0 Å². The van der Waals surface area contributed by atoms with Gasteiger partial charge in [0, 0.05) is 31.7 Å². The van der Waals surface area contributed by atoms with Crippen LogP contribution in [-0.2, 0) is 9.53 Å². The van der Waals surface area contributed by atoms with E-state index < -0.39 is 0 Å². The average molecular weight is 255 g/mol. The molecule has 1 heterocycles. The van der Waals surface area contributed by atoms with Crippen LogP contribution in [0.15, 0.2) is 0 Å². The van der Waals surface area contributed by atoms with Crippen LogP contribution in [0.3, 0.4) is 0 Å². The van der Waals surface area contributed by atoms with Gasteiger partial charge in [-0.25, -0.2) is 0 Å². The highest BCUT2D eigenvalue weighted by Crippen LogP contribution is 2.35. The van der Waals surface area contributed by atoms with Crippen LogP contribution in [0.5, 0.6) is 0 Å². The predicted octanol–water partition coefficient (Wildman–Crippen LogP) is -0.144. The minimum atomic E-state index is -0.169. The maximum Gasteiger partial charge on any atom is 0.308 e. The molecule has 2 rings (SSSR count). The lowest BCUT2D eigenvalue weighted by atomic mass is 9.72. The molecule has 0 bridgehead atoms. The smallest absolute Gasteiger partial charge is 0.308 e. The molecule has 0 aromatic carbocycles. The molecule has 1 aliphatic heterocycles. The number of nitrogens with one attached hydrogen (secondary N) is 2. The first-order valence-corrected chi connectivity index (χ1v) is 6.94. The lowest BCUT2D eigenvalue weighted by Gasteiger charge is -2.40. The summed E-state index contributed by atoms with van der Waals surface area (Å²) in [6.45, 7) is 3.70. The van der Waals surface area contributed by atoms with Crippen molar-refractivity contribution in [2.24, 2.45) is 17.6 Å². The van der Waals surface area contributed by atoms with Crippen molar-refractivity contribution in [3.05, 3.63) is 0 Å². The lowest BCUT2D eigenvalue weighted by molar-refractivity contribution is -0.147. The lowest BCUT2D eigenvalue weighted by Crippen LogP contribution is -2.59. The Morgan fingerprint density at radius 2 is 1.72 bits per heavy atom. The van der Waals surface area contributed by atoms with Gasteiger partial charge in [-0.15, -0.1) is 0 Å². The van der Waals surface area contributed by atoms with Crippen LogP contribution < -0.4 is 16.4 Å². The maximum atomic E-state index is 11.5. The molecule has 4 N–H and O–H groups in total. The summed E-state index contributed by atoms with van der Waals surface area (Å²) in [5.74, 6) is 0.523. The number of hydrogen-bond acceptors (Lipinski definition) is 5. The van der Waals surface area contributed by atoms with Gasteiger partial charge in [-0.3, -0.25) is 4.79 Å². The topological polar surface area (TPSA) is 76.4 Å². The first-order chi connectivity index (χ1) is 8.65. The van der Waals surface area contributed by atoms with Crippen molar-refractivity contribution in [3.8, 4) is 0 Å². The number of methoxy groups -OCH3 is 1.